The molecule has 1 aromatic heterocycles. The first-order valence-electron chi connectivity index (χ1n) is 9.44. The zero-order valence-electron chi connectivity index (χ0n) is 15.6. The van der Waals surface area contributed by atoms with Crippen LogP contribution in [0.4, 0.5) is 0 Å². The molecule has 0 radical (unpaired) electrons. The minimum Gasteiger partial charge on any atom is -0.440 e. The third-order valence-electron chi connectivity index (χ3n) is 5.49. The number of benzene rings is 1. The smallest absolute Gasteiger partial charge is 0.289 e. The first kappa shape index (κ1) is 20.2. The first-order chi connectivity index (χ1) is 13.9. The van der Waals surface area contributed by atoms with Gasteiger partial charge in [0.15, 0.2) is 11.0 Å². The van der Waals surface area contributed by atoms with E-state index in [9.17, 15) is 14.7 Å². The zero-order chi connectivity index (χ0) is 20.5. The molecule has 154 valence electrons. The molecule has 2 amide bonds. The van der Waals surface area contributed by atoms with E-state index in [0.717, 1.165) is 0 Å². The Bertz CT molecular complexity index is 893. The maximum absolute atomic E-state index is 12.7. The summed E-state index contributed by atoms with van der Waals surface area (Å²) in [5.74, 6) is -0.0844. The minimum atomic E-state index is -0.627. The molecule has 9 heteroatoms. The van der Waals surface area contributed by atoms with Crippen LogP contribution in [0.1, 0.15) is 20.9 Å². The van der Waals surface area contributed by atoms with Crippen LogP contribution in [0.3, 0.4) is 0 Å². The van der Waals surface area contributed by atoms with Crippen molar-refractivity contribution in [3.05, 3.63) is 58.0 Å². The Balaban J connectivity index is 1.34. The number of hydrogen-bond donors (Lipinski definition) is 1. The molecule has 3 heterocycles. The highest BCUT2D eigenvalue weighted by Gasteiger charge is 2.39. The number of hydrogen-bond acceptors (Lipinski definition) is 5. The molecule has 0 aliphatic carbocycles. The third-order valence-corrected chi connectivity index (χ3v) is 5.95. The summed E-state index contributed by atoms with van der Waals surface area (Å²) in [5, 5.41) is 11.3. The third kappa shape index (κ3) is 4.28. The molecule has 2 aliphatic rings. The SMILES string of the molecule is O=C(c1ccc(Cl)cc1)N1C[C@H](O)[C@@H](N2CCN(C(=O)c3ccc(Cl)o3)CC2)C1. The van der Waals surface area contributed by atoms with Crippen molar-refractivity contribution in [3.8, 4) is 0 Å². The van der Waals surface area contributed by atoms with Crippen LogP contribution >= 0.6 is 23.2 Å². The molecule has 1 N–H and O–H groups in total. The van der Waals surface area contributed by atoms with Gasteiger partial charge in [0.1, 0.15) is 0 Å². The van der Waals surface area contributed by atoms with E-state index in [-0.39, 0.29) is 35.4 Å². The molecular formula is C20H21Cl2N3O4. The number of β-amino-alcohol motifs (C(OH)–C–C–N with tert-alkyl or cyclic N) is 1. The number of likely N-dealkylation sites (tertiary alicyclic amines) is 1. The number of aliphatic hydroxyl groups excluding tert-OH is 1. The molecule has 0 unspecified atom stereocenters. The first-order valence-corrected chi connectivity index (χ1v) is 10.2. The minimum absolute atomic E-state index is 0.119. The van der Waals surface area contributed by atoms with E-state index in [0.29, 0.717) is 43.3 Å². The van der Waals surface area contributed by atoms with Gasteiger partial charge in [-0.15, -0.1) is 0 Å². The summed E-state index contributed by atoms with van der Waals surface area (Å²) in [6.45, 7) is 3.01. The van der Waals surface area contributed by atoms with Gasteiger partial charge >= 0.3 is 0 Å². The number of amides is 2. The van der Waals surface area contributed by atoms with Crippen molar-refractivity contribution in [2.24, 2.45) is 0 Å². The Morgan fingerprint density at radius 2 is 1.59 bits per heavy atom. The Hall–Kier alpha value is -2.06. The molecule has 2 fully saturated rings. The van der Waals surface area contributed by atoms with Gasteiger partial charge in [-0.05, 0) is 48.0 Å². The van der Waals surface area contributed by atoms with Gasteiger partial charge in [0.05, 0.1) is 12.1 Å². The number of furan rings is 1. The molecule has 0 bridgehead atoms. The number of nitrogens with zero attached hydrogens (tertiary/aromatic N) is 3. The zero-order valence-corrected chi connectivity index (χ0v) is 17.1. The van der Waals surface area contributed by atoms with Gasteiger partial charge in [-0.25, -0.2) is 0 Å². The summed E-state index contributed by atoms with van der Waals surface area (Å²) in [6, 6.07) is 9.71. The number of halogens is 2. The van der Waals surface area contributed by atoms with Gasteiger partial charge < -0.3 is 19.3 Å². The van der Waals surface area contributed by atoms with Gasteiger partial charge in [0.25, 0.3) is 11.8 Å². The predicted molar refractivity (Wildman–Crippen MR) is 108 cm³/mol. The number of rotatable bonds is 3. The Morgan fingerprint density at radius 3 is 2.21 bits per heavy atom. The molecule has 4 rings (SSSR count). The van der Waals surface area contributed by atoms with E-state index in [1.54, 1.807) is 46.2 Å². The molecule has 2 atom stereocenters. The summed E-state index contributed by atoms with van der Waals surface area (Å²) in [5.41, 5.74) is 0.551. The van der Waals surface area contributed by atoms with E-state index < -0.39 is 6.10 Å². The highest BCUT2D eigenvalue weighted by molar-refractivity contribution is 6.30. The van der Waals surface area contributed by atoms with Crippen molar-refractivity contribution in [2.75, 3.05) is 39.3 Å². The van der Waals surface area contributed by atoms with Crippen LogP contribution in [0.2, 0.25) is 10.2 Å². The van der Waals surface area contributed by atoms with Crippen molar-refractivity contribution < 1.29 is 19.1 Å². The number of carbonyl (C=O) groups excluding carboxylic acids is 2. The van der Waals surface area contributed by atoms with Crippen LogP contribution in [0.15, 0.2) is 40.8 Å². The van der Waals surface area contributed by atoms with Crippen LogP contribution < -0.4 is 0 Å². The summed E-state index contributed by atoms with van der Waals surface area (Å²) >= 11 is 11.6. The standard InChI is InChI=1S/C20H21Cl2N3O4/c21-14-3-1-13(2-4-14)19(27)25-11-15(16(26)12-25)23-7-9-24(10-8-23)20(28)17-5-6-18(22)29-17/h1-6,15-16,26H,7-12H2/t15-,16-/m0/s1. The summed E-state index contributed by atoms with van der Waals surface area (Å²) in [7, 11) is 0. The Labute approximate surface area is 178 Å². The van der Waals surface area contributed by atoms with Gasteiger partial charge in [-0.3, -0.25) is 14.5 Å². The van der Waals surface area contributed by atoms with Crippen LogP contribution in [-0.2, 0) is 0 Å². The van der Waals surface area contributed by atoms with Crippen LogP contribution in [0.5, 0.6) is 0 Å². The van der Waals surface area contributed by atoms with Crippen LogP contribution in [-0.4, -0.2) is 83.0 Å². The molecule has 0 spiro atoms. The van der Waals surface area contributed by atoms with Crippen LogP contribution in [0.25, 0.3) is 0 Å². The van der Waals surface area contributed by atoms with Gasteiger partial charge in [0.2, 0.25) is 0 Å². The second-order valence-electron chi connectivity index (χ2n) is 7.28. The molecule has 29 heavy (non-hydrogen) atoms. The molecule has 2 aromatic rings. The van der Waals surface area contributed by atoms with Gasteiger partial charge in [0, 0.05) is 49.9 Å². The van der Waals surface area contributed by atoms with Crippen LogP contribution in [0, 0.1) is 0 Å². The normalized spacial score (nSPS) is 22.9. The number of carbonyl (C=O) groups is 2. The maximum Gasteiger partial charge on any atom is 0.289 e. The highest BCUT2D eigenvalue weighted by atomic mass is 35.5. The van der Waals surface area contributed by atoms with E-state index in [1.165, 1.54) is 0 Å². The lowest BCUT2D eigenvalue weighted by Gasteiger charge is -2.38. The second kappa shape index (κ2) is 8.36. The van der Waals surface area contributed by atoms with Gasteiger partial charge in [-0.2, -0.15) is 0 Å². The molecule has 2 saturated heterocycles. The Morgan fingerprint density at radius 1 is 0.897 bits per heavy atom. The lowest BCUT2D eigenvalue weighted by molar-refractivity contribution is 0.0359. The lowest BCUT2D eigenvalue weighted by Crippen LogP contribution is -2.54. The topological polar surface area (TPSA) is 77.2 Å². The number of aliphatic hydroxyl groups is 1. The average molecular weight is 438 g/mol. The fourth-order valence-corrected chi connectivity index (χ4v) is 4.18. The Kier molecular flexibility index (Phi) is 5.83. The molecule has 7 nitrogen and oxygen atoms in total. The fourth-order valence-electron chi connectivity index (χ4n) is 3.91. The molecule has 1 aromatic carbocycles. The maximum atomic E-state index is 12.7. The average Bonchev–Trinajstić information content (AvgIpc) is 3.33. The molecule has 0 saturated carbocycles. The lowest BCUT2D eigenvalue weighted by atomic mass is 10.1. The summed E-state index contributed by atoms with van der Waals surface area (Å²) in [4.78, 5) is 30.7. The van der Waals surface area contributed by atoms with Gasteiger partial charge in [-0.1, -0.05) is 11.6 Å². The second-order valence-corrected chi connectivity index (χ2v) is 8.09. The summed E-state index contributed by atoms with van der Waals surface area (Å²) < 4.78 is 5.20. The van der Waals surface area contributed by atoms with E-state index >= 15 is 0 Å². The van der Waals surface area contributed by atoms with Crippen molar-refractivity contribution in [1.29, 1.82) is 0 Å². The predicted octanol–water partition coefficient (Wildman–Crippen LogP) is 2.23. The van der Waals surface area contributed by atoms with E-state index in [2.05, 4.69) is 4.90 Å². The largest absolute Gasteiger partial charge is 0.440 e. The highest BCUT2D eigenvalue weighted by Crippen LogP contribution is 2.22. The van der Waals surface area contributed by atoms with Crippen molar-refractivity contribution in [1.82, 2.24) is 14.7 Å². The van der Waals surface area contributed by atoms with E-state index in [4.69, 9.17) is 27.6 Å². The number of piperazine rings is 1. The molecular weight excluding hydrogens is 417 g/mol. The van der Waals surface area contributed by atoms with Crippen molar-refractivity contribution in [3.63, 3.8) is 0 Å². The monoisotopic (exact) mass is 437 g/mol. The van der Waals surface area contributed by atoms with Crippen molar-refractivity contribution in [2.45, 2.75) is 12.1 Å². The summed E-state index contributed by atoms with van der Waals surface area (Å²) in [6.07, 6.45) is -0.627. The quantitative estimate of drug-likeness (QED) is 0.796. The van der Waals surface area contributed by atoms with E-state index in [1.807, 2.05) is 0 Å². The fraction of sp³-hybridized carbons (Fsp3) is 0.400. The van der Waals surface area contributed by atoms with Crippen molar-refractivity contribution >= 4 is 35.0 Å². The molecule has 2 aliphatic heterocycles.